The SMILES string of the molecule is O=C(O)c1ccc2c(c1)C(=O)N(c1ccc(Oc3ccc4ccccc4c3-c3c(Oc4ccc(N5C(=O)c6ccc(C(=O)O)cc6C5=O)cc4)ccc4ccccc34)cc1)C2=O. The van der Waals surface area contributed by atoms with E-state index in [1.54, 1.807) is 48.5 Å². The lowest BCUT2D eigenvalue weighted by Gasteiger charge is -2.20. The summed E-state index contributed by atoms with van der Waals surface area (Å²) in [6.07, 6.45) is 0. The second kappa shape index (κ2) is 14.4. The molecule has 2 N–H and O–H groups in total. The van der Waals surface area contributed by atoms with Crippen molar-refractivity contribution in [2.24, 2.45) is 0 Å². The molecule has 0 unspecified atom stereocenters. The highest BCUT2D eigenvalue weighted by atomic mass is 16.5. The lowest BCUT2D eigenvalue weighted by atomic mass is 9.92. The molecule has 298 valence electrons. The minimum atomic E-state index is -1.21. The molecule has 0 aromatic heterocycles. The summed E-state index contributed by atoms with van der Waals surface area (Å²) in [5, 5.41) is 22.4. The number of aromatic carboxylic acids is 2. The van der Waals surface area contributed by atoms with E-state index in [2.05, 4.69) is 0 Å². The maximum Gasteiger partial charge on any atom is 0.335 e. The van der Waals surface area contributed by atoms with Gasteiger partial charge in [-0.05, 0) is 119 Å². The van der Waals surface area contributed by atoms with Gasteiger partial charge in [0.25, 0.3) is 23.6 Å². The van der Waals surface area contributed by atoms with Crippen LogP contribution >= 0.6 is 0 Å². The Hall–Kier alpha value is -8.90. The molecule has 62 heavy (non-hydrogen) atoms. The van der Waals surface area contributed by atoms with Crippen LogP contribution in [0.2, 0.25) is 0 Å². The molecule has 4 amide bonds. The molecule has 0 atom stereocenters. The van der Waals surface area contributed by atoms with Crippen LogP contribution in [0.3, 0.4) is 0 Å². The van der Waals surface area contributed by atoms with Crippen molar-refractivity contribution in [3.05, 3.63) is 191 Å². The Morgan fingerprint density at radius 2 is 0.774 bits per heavy atom. The van der Waals surface area contributed by atoms with E-state index >= 15 is 0 Å². The third-order valence-corrected chi connectivity index (χ3v) is 10.9. The molecule has 12 heteroatoms. The molecular weight excluding hydrogens is 789 g/mol. The first-order chi connectivity index (χ1) is 30.0. The molecule has 0 spiro atoms. The summed E-state index contributed by atoms with van der Waals surface area (Å²) in [5.41, 5.74) is 2.07. The summed E-state index contributed by atoms with van der Waals surface area (Å²) in [5.74, 6) is -3.04. The van der Waals surface area contributed by atoms with Gasteiger partial charge < -0.3 is 19.7 Å². The molecule has 10 rings (SSSR count). The minimum absolute atomic E-state index is 0.0143. The van der Waals surface area contributed by atoms with Crippen LogP contribution in [-0.4, -0.2) is 45.8 Å². The molecule has 0 saturated carbocycles. The van der Waals surface area contributed by atoms with E-state index in [4.69, 9.17) is 9.47 Å². The maximum atomic E-state index is 13.4. The van der Waals surface area contributed by atoms with E-state index < -0.39 is 35.6 Å². The van der Waals surface area contributed by atoms with Gasteiger partial charge in [0.2, 0.25) is 0 Å². The van der Waals surface area contributed by atoms with Gasteiger partial charge >= 0.3 is 11.9 Å². The third-order valence-electron chi connectivity index (χ3n) is 10.9. The van der Waals surface area contributed by atoms with Crippen molar-refractivity contribution in [2.45, 2.75) is 0 Å². The monoisotopic (exact) mass is 816 g/mol. The molecule has 0 saturated heterocycles. The fourth-order valence-electron chi connectivity index (χ4n) is 7.99. The molecule has 0 bridgehead atoms. The number of nitrogens with zero attached hydrogens (tertiary/aromatic N) is 2. The third kappa shape index (κ3) is 6.09. The van der Waals surface area contributed by atoms with E-state index in [9.17, 15) is 39.0 Å². The van der Waals surface area contributed by atoms with Crippen LogP contribution in [0.1, 0.15) is 62.1 Å². The van der Waals surface area contributed by atoms with Gasteiger partial charge in [0.15, 0.2) is 0 Å². The topological polar surface area (TPSA) is 168 Å². The molecule has 8 aromatic rings. The average Bonchev–Trinajstić information content (AvgIpc) is 3.69. The smallest absolute Gasteiger partial charge is 0.335 e. The van der Waals surface area contributed by atoms with Crippen molar-refractivity contribution in [3.63, 3.8) is 0 Å². The highest BCUT2D eigenvalue weighted by molar-refractivity contribution is 6.35. The zero-order valence-corrected chi connectivity index (χ0v) is 32.1. The highest BCUT2D eigenvalue weighted by Crippen LogP contribution is 2.48. The van der Waals surface area contributed by atoms with Crippen molar-refractivity contribution in [3.8, 4) is 34.1 Å². The number of hydrogen-bond acceptors (Lipinski definition) is 8. The number of fused-ring (bicyclic) bond motifs is 4. The zero-order chi connectivity index (χ0) is 42.8. The summed E-state index contributed by atoms with van der Waals surface area (Å²) in [4.78, 5) is 78.4. The summed E-state index contributed by atoms with van der Waals surface area (Å²) in [6, 6.07) is 43.9. The second-order valence-corrected chi connectivity index (χ2v) is 14.5. The van der Waals surface area contributed by atoms with Gasteiger partial charge in [0, 0.05) is 11.1 Å². The van der Waals surface area contributed by atoms with Gasteiger partial charge in [-0.2, -0.15) is 0 Å². The molecule has 2 heterocycles. The lowest BCUT2D eigenvalue weighted by molar-refractivity contribution is 0.0686. The number of carbonyl (C=O) groups excluding carboxylic acids is 4. The molecule has 2 aliphatic rings. The Morgan fingerprint density at radius 1 is 0.403 bits per heavy atom. The largest absolute Gasteiger partial charge is 0.478 e. The van der Waals surface area contributed by atoms with E-state index in [1.165, 1.54) is 36.4 Å². The number of carboxylic acids is 2. The number of imide groups is 2. The van der Waals surface area contributed by atoms with Crippen LogP contribution in [0.25, 0.3) is 32.7 Å². The number of carboxylic acid groups (broad SMARTS) is 2. The van der Waals surface area contributed by atoms with Crippen LogP contribution in [-0.2, 0) is 0 Å². The number of anilines is 2. The molecule has 2 aliphatic heterocycles. The first-order valence-electron chi connectivity index (χ1n) is 19.2. The van der Waals surface area contributed by atoms with Crippen LogP contribution in [0.15, 0.2) is 158 Å². The summed E-state index contributed by atoms with van der Waals surface area (Å²) < 4.78 is 13.3. The fourth-order valence-corrected chi connectivity index (χ4v) is 7.99. The molecular formula is C50H28N2O10. The number of carbonyl (C=O) groups is 6. The van der Waals surface area contributed by atoms with Crippen molar-refractivity contribution < 1.29 is 48.5 Å². The van der Waals surface area contributed by atoms with E-state index in [-0.39, 0.29) is 44.8 Å². The standard InChI is InChI=1S/C50H28N2O10/c53-45-37-21-9-29(49(57)58)25-39(37)47(55)51(45)31-13-17-33(18-14-31)61-41-23-11-27-5-1-3-7-35(27)43(41)44-36-8-4-2-6-28(36)12-24-42(44)62-34-19-15-32(16-20-34)52-46(54)38-22-10-30(50(59)60)26-40(38)48(52)56/h1-26H,(H,57,58)(H,59,60). The van der Waals surface area contributed by atoms with Gasteiger partial charge in [-0.3, -0.25) is 19.2 Å². The number of rotatable bonds is 9. The number of benzene rings is 8. The Labute approximate surface area is 351 Å². The van der Waals surface area contributed by atoms with Crippen LogP contribution < -0.4 is 19.3 Å². The molecule has 12 nitrogen and oxygen atoms in total. The van der Waals surface area contributed by atoms with Crippen molar-refractivity contribution in [1.82, 2.24) is 0 Å². The first kappa shape index (κ1) is 37.4. The molecule has 8 aromatic carbocycles. The summed E-state index contributed by atoms with van der Waals surface area (Å²) in [7, 11) is 0. The average molecular weight is 817 g/mol. The van der Waals surface area contributed by atoms with Crippen LogP contribution in [0, 0.1) is 0 Å². The highest BCUT2D eigenvalue weighted by Gasteiger charge is 2.38. The predicted octanol–water partition coefficient (Wildman–Crippen LogP) is 10.2. The second-order valence-electron chi connectivity index (χ2n) is 14.5. The number of hydrogen-bond donors (Lipinski definition) is 2. The van der Waals surface area contributed by atoms with Crippen LogP contribution in [0.5, 0.6) is 23.0 Å². The molecule has 0 aliphatic carbocycles. The van der Waals surface area contributed by atoms with Gasteiger partial charge in [0.05, 0.1) is 44.8 Å². The van der Waals surface area contributed by atoms with Crippen molar-refractivity contribution in [1.29, 1.82) is 0 Å². The Bertz CT molecular complexity index is 3060. The molecule has 0 radical (unpaired) electrons. The van der Waals surface area contributed by atoms with E-state index in [1.807, 2.05) is 72.8 Å². The Kier molecular flexibility index (Phi) is 8.70. The lowest BCUT2D eigenvalue weighted by Crippen LogP contribution is -2.29. The Balaban J connectivity index is 0.998. The van der Waals surface area contributed by atoms with Gasteiger partial charge in [-0.15, -0.1) is 0 Å². The van der Waals surface area contributed by atoms with Gasteiger partial charge in [0.1, 0.15) is 23.0 Å². The number of ether oxygens (including phenoxy) is 2. The van der Waals surface area contributed by atoms with Crippen molar-refractivity contribution >= 4 is 68.5 Å². The van der Waals surface area contributed by atoms with Gasteiger partial charge in [-0.25, -0.2) is 19.4 Å². The zero-order valence-electron chi connectivity index (χ0n) is 32.1. The van der Waals surface area contributed by atoms with E-state index in [0.29, 0.717) is 23.0 Å². The first-order valence-corrected chi connectivity index (χ1v) is 19.2. The summed E-state index contributed by atoms with van der Waals surface area (Å²) >= 11 is 0. The quantitative estimate of drug-likeness (QED) is 0.134. The van der Waals surface area contributed by atoms with Crippen molar-refractivity contribution in [2.75, 3.05) is 9.80 Å². The molecule has 0 fully saturated rings. The van der Waals surface area contributed by atoms with E-state index in [0.717, 1.165) is 42.5 Å². The predicted molar refractivity (Wildman–Crippen MR) is 229 cm³/mol. The van der Waals surface area contributed by atoms with Gasteiger partial charge in [-0.1, -0.05) is 60.7 Å². The number of amides is 4. The summed E-state index contributed by atoms with van der Waals surface area (Å²) in [6.45, 7) is 0. The van der Waals surface area contributed by atoms with Crippen LogP contribution in [0.4, 0.5) is 11.4 Å². The minimum Gasteiger partial charge on any atom is -0.478 e. The fraction of sp³-hybridized carbons (Fsp3) is 0. The Morgan fingerprint density at radius 3 is 1.16 bits per heavy atom. The maximum absolute atomic E-state index is 13.4. The normalized spacial score (nSPS) is 13.2.